The molecule has 0 bridgehead atoms. The number of ether oxygens (including phenoxy) is 2. The van der Waals surface area contributed by atoms with E-state index in [-0.39, 0.29) is 16.5 Å². The van der Waals surface area contributed by atoms with Crippen molar-refractivity contribution in [2.75, 3.05) is 12.0 Å². The van der Waals surface area contributed by atoms with Crippen LogP contribution in [0.5, 0.6) is 17.2 Å². The molecule has 4 aromatic carbocycles. The van der Waals surface area contributed by atoms with Gasteiger partial charge in [-0.1, -0.05) is 95.4 Å². The van der Waals surface area contributed by atoms with Gasteiger partial charge in [0.1, 0.15) is 11.5 Å². The fraction of sp³-hybridized carbons (Fsp3) is 0.0857. The third-order valence-electron chi connectivity index (χ3n) is 7.47. The van der Waals surface area contributed by atoms with Gasteiger partial charge in [0.15, 0.2) is 27.2 Å². The number of aliphatic hydroxyl groups is 1. The van der Waals surface area contributed by atoms with Crippen LogP contribution in [0, 0.1) is 0 Å². The third-order valence-corrected chi connectivity index (χ3v) is 9.94. The van der Waals surface area contributed by atoms with Crippen molar-refractivity contribution in [3.63, 3.8) is 0 Å². The van der Waals surface area contributed by atoms with Gasteiger partial charge in [-0.15, -0.1) is 10.2 Å². The van der Waals surface area contributed by atoms with E-state index >= 15 is 0 Å². The first-order chi connectivity index (χ1) is 22.9. The summed E-state index contributed by atoms with van der Waals surface area (Å²) in [7, 11) is 1.50. The van der Waals surface area contributed by atoms with Crippen molar-refractivity contribution in [3.05, 3.63) is 136 Å². The molecule has 9 nitrogen and oxygen atoms in total. The Labute approximate surface area is 282 Å². The number of aliphatic hydroxyl groups excluding tert-OH is 1. The third kappa shape index (κ3) is 5.96. The molecule has 1 N–H and O–H groups in total. The van der Waals surface area contributed by atoms with E-state index in [9.17, 15) is 14.7 Å². The van der Waals surface area contributed by atoms with Gasteiger partial charge in [0.25, 0.3) is 5.91 Å². The molecule has 0 saturated heterocycles. The molecule has 12 heteroatoms. The monoisotopic (exact) mass is 681 g/mol. The van der Waals surface area contributed by atoms with Gasteiger partial charge >= 0.3 is 0 Å². The Hall–Kier alpha value is -5.10. The lowest BCUT2D eigenvalue weighted by Crippen LogP contribution is -2.31. The molecular formula is C35H24ClN3O6S2. The van der Waals surface area contributed by atoms with Gasteiger partial charge in [0.2, 0.25) is 10.9 Å². The van der Waals surface area contributed by atoms with Crippen molar-refractivity contribution in [3.8, 4) is 17.2 Å². The lowest BCUT2D eigenvalue weighted by molar-refractivity contribution is -0.117. The highest BCUT2D eigenvalue weighted by Gasteiger charge is 2.47. The van der Waals surface area contributed by atoms with Crippen molar-refractivity contribution in [1.82, 2.24) is 10.2 Å². The van der Waals surface area contributed by atoms with Crippen LogP contribution in [0.4, 0.5) is 5.13 Å². The number of methoxy groups -OCH3 is 1. The summed E-state index contributed by atoms with van der Waals surface area (Å²) in [4.78, 5) is 29.3. The number of hydrogen-bond acceptors (Lipinski definition) is 10. The molecule has 0 aliphatic carbocycles. The smallest absolute Gasteiger partial charge is 0.296 e. The Balaban J connectivity index is 1.27. The predicted octanol–water partition coefficient (Wildman–Crippen LogP) is 8.81. The minimum atomic E-state index is -1.07. The van der Waals surface area contributed by atoms with Crippen LogP contribution in [0.25, 0.3) is 11.0 Å². The second-order valence-electron chi connectivity index (χ2n) is 10.4. The predicted molar refractivity (Wildman–Crippen MR) is 181 cm³/mol. The maximum Gasteiger partial charge on any atom is 0.296 e. The van der Waals surface area contributed by atoms with Crippen molar-refractivity contribution in [2.24, 2.45) is 0 Å². The van der Waals surface area contributed by atoms with Gasteiger partial charge in [-0.2, -0.15) is 0 Å². The average Bonchev–Trinajstić information content (AvgIpc) is 3.81. The molecule has 7 rings (SSSR count). The molecule has 47 heavy (non-hydrogen) atoms. The molecule has 234 valence electrons. The second kappa shape index (κ2) is 13.0. The molecule has 1 atom stereocenters. The van der Waals surface area contributed by atoms with Crippen LogP contribution in [-0.4, -0.2) is 34.1 Å². The number of carbonyl (C=O) groups is 2. The first-order valence-electron chi connectivity index (χ1n) is 14.3. The quantitative estimate of drug-likeness (QED) is 0.0860. The van der Waals surface area contributed by atoms with Crippen LogP contribution in [0.3, 0.4) is 0 Å². The summed E-state index contributed by atoms with van der Waals surface area (Å²) in [6.45, 7) is 0. The first kappa shape index (κ1) is 30.5. The molecule has 6 aromatic rings. The van der Waals surface area contributed by atoms with E-state index in [0.717, 1.165) is 5.56 Å². The Bertz CT molecular complexity index is 2160. The van der Waals surface area contributed by atoms with E-state index in [1.54, 1.807) is 48.5 Å². The zero-order chi connectivity index (χ0) is 32.5. The summed E-state index contributed by atoms with van der Waals surface area (Å²) >= 11 is 8.91. The van der Waals surface area contributed by atoms with E-state index in [2.05, 4.69) is 10.2 Å². The summed E-state index contributed by atoms with van der Waals surface area (Å²) in [5.41, 5.74) is 1.65. The summed E-state index contributed by atoms with van der Waals surface area (Å²) in [6.07, 6.45) is 0. The van der Waals surface area contributed by atoms with Crippen LogP contribution in [-0.2, 0) is 10.5 Å². The van der Waals surface area contributed by atoms with Crippen LogP contribution < -0.4 is 14.4 Å². The van der Waals surface area contributed by atoms with Crippen LogP contribution in [0.1, 0.15) is 27.7 Å². The van der Waals surface area contributed by atoms with Gasteiger partial charge in [-0.25, -0.2) is 0 Å². The molecule has 0 spiro atoms. The Kier molecular flexibility index (Phi) is 8.42. The standard InChI is InChI=1S/C35H24ClN3O6S2/c1-43-26-16-8-11-21-18-27(45-32(21)26)30(40)28-29(20-10-7-14-24(17-20)44-23-12-3-2-4-13-23)39(33(42)31(28)41)34-37-38-35(47-34)46-19-22-9-5-6-15-25(22)36/h2-18,29,41H,19H2,1H3. The van der Waals surface area contributed by atoms with Gasteiger partial charge in [0, 0.05) is 16.2 Å². The number of furan rings is 1. The van der Waals surface area contributed by atoms with Crippen LogP contribution in [0.15, 0.2) is 123 Å². The number of halogens is 1. The number of amides is 1. The molecule has 0 fully saturated rings. The topological polar surface area (TPSA) is 115 Å². The fourth-order valence-electron chi connectivity index (χ4n) is 5.28. The SMILES string of the molecule is COc1cccc2cc(C(=O)C3=C(O)C(=O)N(c4nnc(SCc5ccccc5Cl)s4)C3c3cccc(Oc4ccccc4)c3)oc12. The highest BCUT2D eigenvalue weighted by Crippen LogP contribution is 2.45. The van der Waals surface area contributed by atoms with E-state index in [0.29, 0.717) is 48.9 Å². The normalized spacial score (nSPS) is 14.6. The number of carbonyl (C=O) groups excluding carboxylic acids is 2. The minimum Gasteiger partial charge on any atom is -0.503 e. The van der Waals surface area contributed by atoms with E-state index in [1.807, 2.05) is 54.6 Å². The van der Waals surface area contributed by atoms with Crippen molar-refractivity contribution >= 4 is 62.5 Å². The summed E-state index contributed by atoms with van der Waals surface area (Å²) < 4.78 is 18.0. The van der Waals surface area contributed by atoms with E-state index in [1.165, 1.54) is 35.1 Å². The van der Waals surface area contributed by atoms with Crippen LogP contribution in [0.2, 0.25) is 5.02 Å². The maximum absolute atomic E-state index is 14.2. The minimum absolute atomic E-state index is 0.0596. The summed E-state index contributed by atoms with van der Waals surface area (Å²) in [5, 5.41) is 21.4. The lowest BCUT2D eigenvalue weighted by Gasteiger charge is -2.24. The largest absolute Gasteiger partial charge is 0.503 e. The summed E-state index contributed by atoms with van der Waals surface area (Å²) in [6, 6.07) is 29.5. The molecule has 0 radical (unpaired) electrons. The number of thioether (sulfide) groups is 1. The number of benzene rings is 4. The highest BCUT2D eigenvalue weighted by molar-refractivity contribution is 8.00. The number of anilines is 1. The molecule has 3 heterocycles. The molecule has 1 unspecified atom stereocenters. The number of rotatable bonds is 10. The van der Waals surface area contributed by atoms with Crippen molar-refractivity contribution in [1.29, 1.82) is 0 Å². The molecular weight excluding hydrogens is 658 g/mol. The first-order valence-corrected chi connectivity index (χ1v) is 16.5. The second-order valence-corrected chi connectivity index (χ2v) is 13.0. The van der Waals surface area contributed by atoms with E-state index in [4.69, 9.17) is 25.5 Å². The number of Topliss-reactive ketones (excluding diaryl/α,β-unsaturated/α-hetero) is 1. The number of para-hydroxylation sites is 2. The Morgan fingerprint density at radius 2 is 1.74 bits per heavy atom. The zero-order valence-corrected chi connectivity index (χ0v) is 27.0. The molecule has 1 amide bonds. The van der Waals surface area contributed by atoms with Gasteiger partial charge < -0.3 is 19.0 Å². The molecule has 1 aliphatic rings. The van der Waals surface area contributed by atoms with Crippen molar-refractivity contribution in [2.45, 2.75) is 16.1 Å². The van der Waals surface area contributed by atoms with Crippen LogP contribution >= 0.6 is 34.7 Å². The Morgan fingerprint density at radius 3 is 2.55 bits per heavy atom. The van der Waals surface area contributed by atoms with Crippen molar-refractivity contribution < 1.29 is 28.6 Å². The Morgan fingerprint density at radius 1 is 0.979 bits per heavy atom. The van der Waals surface area contributed by atoms with E-state index < -0.39 is 23.5 Å². The zero-order valence-electron chi connectivity index (χ0n) is 24.6. The molecule has 1 aliphatic heterocycles. The van der Waals surface area contributed by atoms with Gasteiger partial charge in [-0.05, 0) is 53.6 Å². The number of fused-ring (bicyclic) bond motifs is 1. The van der Waals surface area contributed by atoms with Gasteiger partial charge in [-0.3, -0.25) is 14.5 Å². The number of nitrogens with zero attached hydrogens (tertiary/aromatic N) is 3. The number of aromatic nitrogens is 2. The molecule has 0 saturated carbocycles. The fourth-order valence-corrected chi connectivity index (χ4v) is 7.43. The highest BCUT2D eigenvalue weighted by atomic mass is 35.5. The number of hydrogen-bond donors (Lipinski definition) is 1. The average molecular weight is 682 g/mol. The lowest BCUT2D eigenvalue weighted by atomic mass is 9.95. The number of ketones is 1. The summed E-state index contributed by atoms with van der Waals surface area (Å²) in [5.74, 6) is -0.151. The molecule has 2 aromatic heterocycles. The van der Waals surface area contributed by atoms with Gasteiger partial charge in [0.05, 0.1) is 18.7 Å². The maximum atomic E-state index is 14.2.